The number of thiophene rings is 1. The average Bonchev–Trinajstić information content (AvgIpc) is 3.15. The smallest absolute Gasteiger partial charge is 0.252 e. The highest BCUT2D eigenvalue weighted by Crippen LogP contribution is 2.28. The molecule has 0 bridgehead atoms. The van der Waals surface area contributed by atoms with Crippen molar-refractivity contribution in [2.75, 3.05) is 33.7 Å². The van der Waals surface area contributed by atoms with Gasteiger partial charge in [0.2, 0.25) is 5.91 Å². The summed E-state index contributed by atoms with van der Waals surface area (Å²) in [5.41, 5.74) is 0.779. The van der Waals surface area contributed by atoms with Crippen molar-refractivity contribution < 1.29 is 17.6 Å². The van der Waals surface area contributed by atoms with Gasteiger partial charge in [0.05, 0.1) is 12.0 Å². The zero-order chi connectivity index (χ0) is 21.9. The standard InChI is InChI=1S/C21H28FN3O3S2/c1-15-9-10-20(29-15)30(27,28)25-11-5-7-17(14-25)21(26)23-13-19(24(2)3)16-6-4-8-18(22)12-16/h4,6,8-10,12,17,19H,5,7,11,13-14H2,1-3H3,(H,23,26). The number of nitrogens with one attached hydrogen (secondary N) is 1. The molecule has 6 nitrogen and oxygen atoms in total. The molecule has 0 radical (unpaired) electrons. The van der Waals surface area contributed by atoms with Gasteiger partial charge in [0.1, 0.15) is 10.0 Å². The third-order valence-corrected chi connectivity index (χ3v) is 8.72. The molecule has 1 N–H and O–H groups in total. The number of benzene rings is 1. The first-order valence-corrected chi connectivity index (χ1v) is 12.2. The Labute approximate surface area is 181 Å². The molecule has 1 fully saturated rings. The van der Waals surface area contributed by atoms with Crippen molar-refractivity contribution in [1.29, 1.82) is 0 Å². The summed E-state index contributed by atoms with van der Waals surface area (Å²) >= 11 is 1.25. The van der Waals surface area contributed by atoms with Gasteiger partial charge in [-0.15, -0.1) is 11.3 Å². The lowest BCUT2D eigenvalue weighted by Gasteiger charge is -2.32. The molecule has 0 aliphatic carbocycles. The van der Waals surface area contributed by atoms with Crippen molar-refractivity contribution in [3.8, 4) is 0 Å². The van der Waals surface area contributed by atoms with Crippen molar-refractivity contribution in [3.05, 3.63) is 52.7 Å². The first-order chi connectivity index (χ1) is 14.2. The second kappa shape index (κ2) is 9.55. The molecule has 1 aliphatic heterocycles. The summed E-state index contributed by atoms with van der Waals surface area (Å²) in [5, 5.41) is 2.95. The molecule has 2 atom stereocenters. The van der Waals surface area contributed by atoms with Crippen LogP contribution in [-0.4, -0.2) is 57.3 Å². The first kappa shape index (κ1) is 22.9. The van der Waals surface area contributed by atoms with Crippen LogP contribution in [0.5, 0.6) is 0 Å². The topological polar surface area (TPSA) is 69.7 Å². The molecule has 9 heteroatoms. The average molecular weight is 454 g/mol. The largest absolute Gasteiger partial charge is 0.354 e. The highest BCUT2D eigenvalue weighted by Gasteiger charge is 2.34. The Morgan fingerprint density at radius 1 is 1.33 bits per heavy atom. The maximum absolute atomic E-state index is 13.6. The summed E-state index contributed by atoms with van der Waals surface area (Å²) in [4.78, 5) is 15.7. The van der Waals surface area contributed by atoms with Crippen molar-refractivity contribution in [2.24, 2.45) is 5.92 Å². The summed E-state index contributed by atoms with van der Waals surface area (Å²) in [7, 11) is 0.171. The fourth-order valence-corrected chi connectivity index (χ4v) is 6.67. The number of aryl methyl sites for hydroxylation is 1. The SMILES string of the molecule is Cc1ccc(S(=O)(=O)N2CCCC(C(=O)NCC(c3cccc(F)c3)N(C)C)C2)s1. The van der Waals surface area contributed by atoms with Crippen LogP contribution < -0.4 is 5.32 Å². The number of rotatable bonds is 7. The predicted octanol–water partition coefficient (Wildman–Crippen LogP) is 3.02. The number of sulfonamides is 1. The van der Waals surface area contributed by atoms with E-state index >= 15 is 0 Å². The predicted molar refractivity (Wildman–Crippen MR) is 116 cm³/mol. The van der Waals surface area contributed by atoms with Gasteiger partial charge in [-0.25, -0.2) is 12.8 Å². The van der Waals surface area contributed by atoms with E-state index < -0.39 is 15.9 Å². The lowest BCUT2D eigenvalue weighted by Crippen LogP contribution is -2.46. The van der Waals surface area contributed by atoms with Crippen LogP contribution >= 0.6 is 11.3 Å². The number of piperidine rings is 1. The van der Waals surface area contributed by atoms with Crippen LogP contribution in [0.4, 0.5) is 4.39 Å². The van der Waals surface area contributed by atoms with Gasteiger partial charge in [-0.2, -0.15) is 4.31 Å². The van der Waals surface area contributed by atoms with E-state index in [4.69, 9.17) is 0 Å². The van der Waals surface area contributed by atoms with Gasteiger partial charge < -0.3 is 10.2 Å². The second-order valence-corrected chi connectivity index (χ2v) is 11.3. The fourth-order valence-electron chi connectivity index (χ4n) is 3.71. The molecular weight excluding hydrogens is 425 g/mol. The molecule has 1 saturated heterocycles. The molecule has 1 aromatic heterocycles. The maximum Gasteiger partial charge on any atom is 0.252 e. The minimum absolute atomic E-state index is 0.166. The van der Waals surface area contributed by atoms with Crippen LogP contribution in [0.3, 0.4) is 0 Å². The summed E-state index contributed by atoms with van der Waals surface area (Å²) in [6, 6.07) is 9.58. The number of amides is 1. The van der Waals surface area contributed by atoms with E-state index in [1.165, 1.54) is 27.8 Å². The number of hydrogen-bond donors (Lipinski definition) is 1. The zero-order valence-electron chi connectivity index (χ0n) is 17.5. The van der Waals surface area contributed by atoms with Gasteiger partial charge in [0, 0.05) is 24.5 Å². The maximum atomic E-state index is 13.6. The molecule has 1 aromatic carbocycles. The molecule has 1 aliphatic rings. The van der Waals surface area contributed by atoms with Crippen LogP contribution in [0, 0.1) is 18.7 Å². The summed E-state index contributed by atoms with van der Waals surface area (Å²) in [5.74, 6) is -0.881. The zero-order valence-corrected chi connectivity index (χ0v) is 19.1. The van der Waals surface area contributed by atoms with Gasteiger partial charge >= 0.3 is 0 Å². The number of carbonyl (C=O) groups excluding carboxylic acids is 1. The molecule has 2 aromatic rings. The van der Waals surface area contributed by atoms with Gasteiger partial charge in [-0.3, -0.25) is 4.79 Å². The van der Waals surface area contributed by atoms with Crippen LogP contribution in [0.2, 0.25) is 0 Å². The van der Waals surface area contributed by atoms with Crippen LogP contribution in [0.15, 0.2) is 40.6 Å². The highest BCUT2D eigenvalue weighted by molar-refractivity contribution is 7.91. The van der Waals surface area contributed by atoms with Gasteiger partial charge in [0.25, 0.3) is 10.0 Å². The number of likely N-dealkylation sites (N-methyl/N-ethyl adjacent to an activating group) is 1. The van der Waals surface area contributed by atoms with E-state index in [9.17, 15) is 17.6 Å². The summed E-state index contributed by atoms with van der Waals surface area (Å²) in [6.45, 7) is 2.79. The molecule has 30 heavy (non-hydrogen) atoms. The second-order valence-electron chi connectivity index (χ2n) is 7.85. The quantitative estimate of drug-likeness (QED) is 0.700. The van der Waals surface area contributed by atoms with Crippen molar-refractivity contribution >= 4 is 27.3 Å². The van der Waals surface area contributed by atoms with Gasteiger partial charge in [0.15, 0.2) is 0 Å². The van der Waals surface area contributed by atoms with Crippen molar-refractivity contribution in [3.63, 3.8) is 0 Å². The van der Waals surface area contributed by atoms with Crippen LogP contribution in [0.1, 0.15) is 29.3 Å². The third-order valence-electron chi connectivity index (χ3n) is 5.39. The molecule has 164 valence electrons. The lowest BCUT2D eigenvalue weighted by atomic mass is 9.98. The van der Waals surface area contributed by atoms with Crippen LogP contribution in [0.25, 0.3) is 0 Å². The van der Waals surface area contributed by atoms with E-state index in [0.29, 0.717) is 30.1 Å². The monoisotopic (exact) mass is 453 g/mol. The first-order valence-electron chi connectivity index (χ1n) is 9.94. The molecule has 3 rings (SSSR count). The van der Waals surface area contributed by atoms with E-state index in [2.05, 4.69) is 5.32 Å². The van der Waals surface area contributed by atoms with E-state index in [-0.39, 0.29) is 24.3 Å². The third kappa shape index (κ3) is 5.26. The number of carbonyl (C=O) groups is 1. The molecule has 2 unspecified atom stereocenters. The molecule has 0 saturated carbocycles. The molecule has 1 amide bonds. The highest BCUT2D eigenvalue weighted by atomic mass is 32.2. The summed E-state index contributed by atoms with van der Waals surface area (Å²) in [6.07, 6.45) is 1.29. The van der Waals surface area contributed by atoms with Crippen LogP contribution in [-0.2, 0) is 14.8 Å². The number of halogens is 1. The Balaban J connectivity index is 1.65. The minimum atomic E-state index is -3.58. The summed E-state index contributed by atoms with van der Waals surface area (Å²) < 4.78 is 41.2. The normalized spacial score (nSPS) is 19.0. The molecule has 0 spiro atoms. The molecule has 2 heterocycles. The van der Waals surface area contributed by atoms with Crippen molar-refractivity contribution in [1.82, 2.24) is 14.5 Å². The van der Waals surface area contributed by atoms with E-state index in [0.717, 1.165) is 10.4 Å². The van der Waals surface area contributed by atoms with Gasteiger partial charge in [-0.1, -0.05) is 12.1 Å². The van der Waals surface area contributed by atoms with E-state index in [1.54, 1.807) is 18.2 Å². The van der Waals surface area contributed by atoms with Gasteiger partial charge in [-0.05, 0) is 63.7 Å². The Kier molecular flexibility index (Phi) is 7.28. The van der Waals surface area contributed by atoms with E-state index in [1.807, 2.05) is 32.0 Å². The fraction of sp³-hybridized carbons (Fsp3) is 0.476. The molecular formula is C21H28FN3O3S2. The Bertz CT molecular complexity index is 991. The Morgan fingerprint density at radius 3 is 2.73 bits per heavy atom. The number of hydrogen-bond acceptors (Lipinski definition) is 5. The minimum Gasteiger partial charge on any atom is -0.354 e. The number of nitrogens with zero attached hydrogens (tertiary/aromatic N) is 2. The lowest BCUT2D eigenvalue weighted by molar-refractivity contribution is -0.126. The van der Waals surface area contributed by atoms with Crippen molar-refractivity contribution in [2.45, 2.75) is 30.0 Å². The Hall–Kier alpha value is -1.81. The Morgan fingerprint density at radius 2 is 2.10 bits per heavy atom.